The van der Waals surface area contributed by atoms with E-state index >= 15 is 0 Å². The summed E-state index contributed by atoms with van der Waals surface area (Å²) in [6, 6.07) is 21.7. The summed E-state index contributed by atoms with van der Waals surface area (Å²) in [7, 11) is 2.52. The van der Waals surface area contributed by atoms with Crippen molar-refractivity contribution >= 4 is 7.28 Å². The van der Waals surface area contributed by atoms with Crippen LogP contribution in [0.25, 0.3) is 0 Å². The molecule has 0 heterocycles. The summed E-state index contributed by atoms with van der Waals surface area (Å²) in [5.41, 5.74) is 2.86. The summed E-state index contributed by atoms with van der Waals surface area (Å²) >= 11 is 0. The lowest BCUT2D eigenvalue weighted by Gasteiger charge is -2.26. The molecule has 0 spiro atoms. The molecule has 0 fully saturated rings. The highest BCUT2D eigenvalue weighted by Crippen LogP contribution is 2.35. The van der Waals surface area contributed by atoms with Crippen molar-refractivity contribution in [3.63, 3.8) is 0 Å². The van der Waals surface area contributed by atoms with Gasteiger partial charge in [-0.3, -0.25) is 0 Å². The lowest BCUT2D eigenvalue weighted by molar-refractivity contribution is 0.673. The minimum atomic E-state index is 0.566. The van der Waals surface area contributed by atoms with Crippen molar-refractivity contribution in [3.8, 4) is 0 Å². The first-order chi connectivity index (χ1) is 10.1. The van der Waals surface area contributed by atoms with Crippen molar-refractivity contribution in [2.45, 2.75) is 51.2 Å². The van der Waals surface area contributed by atoms with Gasteiger partial charge in [0.25, 0.3) is 0 Å². The molecular weight excluding hydrogens is 251 g/mol. The van der Waals surface area contributed by atoms with Crippen LogP contribution in [-0.4, -0.2) is 7.28 Å². The van der Waals surface area contributed by atoms with Gasteiger partial charge in [-0.05, 0) is 23.0 Å². The Bertz CT molecular complexity index is 471. The fourth-order valence-electron chi connectivity index (χ4n) is 2.93. The molecule has 2 rings (SSSR count). The summed E-state index contributed by atoms with van der Waals surface area (Å²) in [6.45, 7) is 9.34. The average Bonchev–Trinajstić information content (AvgIpc) is 2.55. The summed E-state index contributed by atoms with van der Waals surface area (Å²) in [5.74, 6) is 2.29. The van der Waals surface area contributed by atoms with Gasteiger partial charge in [-0.15, -0.1) is 0 Å². The molecule has 0 N–H and O–H groups in total. The molecule has 1 radical (unpaired) electrons. The monoisotopic (exact) mass is 277 g/mol. The Hall–Kier alpha value is -1.50. The van der Waals surface area contributed by atoms with Gasteiger partial charge in [0, 0.05) is 0 Å². The van der Waals surface area contributed by atoms with Gasteiger partial charge in [0.2, 0.25) is 0 Å². The third-order valence-corrected chi connectivity index (χ3v) is 4.84. The van der Waals surface area contributed by atoms with Gasteiger partial charge in [-0.25, -0.2) is 0 Å². The Morgan fingerprint density at radius 3 is 1.24 bits per heavy atom. The molecule has 0 aliphatic rings. The van der Waals surface area contributed by atoms with Crippen molar-refractivity contribution in [1.29, 1.82) is 0 Å². The van der Waals surface area contributed by atoms with Gasteiger partial charge in [-0.1, -0.05) is 100.0 Å². The average molecular weight is 277 g/mol. The summed E-state index contributed by atoms with van der Waals surface area (Å²) in [5, 5.41) is 0. The molecule has 0 amide bonds. The first-order valence-electron chi connectivity index (χ1n) is 8.04. The van der Waals surface area contributed by atoms with Crippen LogP contribution in [0.15, 0.2) is 60.7 Å². The molecule has 0 saturated carbocycles. The summed E-state index contributed by atoms with van der Waals surface area (Å²) in [6.07, 6.45) is 0. The maximum atomic E-state index is 2.52. The van der Waals surface area contributed by atoms with E-state index in [4.69, 9.17) is 0 Å². The first-order valence-corrected chi connectivity index (χ1v) is 8.04. The summed E-state index contributed by atoms with van der Waals surface area (Å²) < 4.78 is 0. The second kappa shape index (κ2) is 7.50. The highest BCUT2D eigenvalue weighted by molar-refractivity contribution is 6.40. The lowest BCUT2D eigenvalue weighted by Crippen LogP contribution is -2.16. The topological polar surface area (TPSA) is 0 Å². The zero-order chi connectivity index (χ0) is 15.2. The highest BCUT2D eigenvalue weighted by Gasteiger charge is 2.22. The molecule has 2 aromatic carbocycles. The normalized spacial score (nSPS) is 16.8. The molecule has 0 aromatic heterocycles. The van der Waals surface area contributed by atoms with Gasteiger partial charge in [-0.2, -0.15) is 0 Å². The minimum Gasteiger partial charge on any atom is -0.0691 e. The fraction of sp³-hybridized carbons (Fsp3) is 0.400. The zero-order valence-electron chi connectivity index (χ0n) is 13.7. The van der Waals surface area contributed by atoms with Crippen LogP contribution in [0.4, 0.5) is 0 Å². The van der Waals surface area contributed by atoms with Crippen molar-refractivity contribution in [3.05, 3.63) is 71.8 Å². The van der Waals surface area contributed by atoms with Crippen LogP contribution in [0.3, 0.4) is 0 Å². The van der Waals surface area contributed by atoms with Crippen LogP contribution in [-0.2, 0) is 0 Å². The molecule has 0 aliphatic carbocycles. The second-order valence-corrected chi connectivity index (χ2v) is 6.31. The molecule has 1 heteroatoms. The lowest BCUT2D eigenvalue weighted by atomic mass is 9.49. The van der Waals surface area contributed by atoms with Crippen molar-refractivity contribution in [2.24, 2.45) is 0 Å². The first kappa shape index (κ1) is 15.9. The van der Waals surface area contributed by atoms with Crippen LogP contribution in [0, 0.1) is 0 Å². The van der Waals surface area contributed by atoms with Gasteiger partial charge < -0.3 is 0 Å². The van der Waals surface area contributed by atoms with E-state index in [0.29, 0.717) is 23.5 Å². The number of rotatable bonds is 6. The van der Waals surface area contributed by atoms with E-state index in [1.165, 1.54) is 11.1 Å². The van der Waals surface area contributed by atoms with Gasteiger partial charge in [0.1, 0.15) is 7.28 Å². The molecule has 0 bridgehead atoms. The van der Waals surface area contributed by atoms with E-state index in [2.05, 4.69) is 95.6 Å². The number of hydrogen-bond donors (Lipinski definition) is 0. The minimum absolute atomic E-state index is 0.566. The fourth-order valence-corrected chi connectivity index (χ4v) is 2.93. The van der Waals surface area contributed by atoms with Crippen LogP contribution in [0.5, 0.6) is 0 Å². The molecule has 0 nitrogen and oxygen atoms in total. The molecule has 109 valence electrons. The Labute approximate surface area is 130 Å². The zero-order valence-corrected chi connectivity index (χ0v) is 13.7. The van der Waals surface area contributed by atoms with E-state index in [0.717, 1.165) is 0 Å². The molecule has 2 aromatic rings. The van der Waals surface area contributed by atoms with Crippen LogP contribution in [0.2, 0.25) is 11.6 Å². The molecule has 21 heavy (non-hydrogen) atoms. The predicted octanol–water partition coefficient (Wildman–Crippen LogP) is 5.91. The Balaban J connectivity index is 1.97. The number of hydrogen-bond acceptors (Lipinski definition) is 0. The van der Waals surface area contributed by atoms with Gasteiger partial charge in [0.15, 0.2) is 0 Å². The summed E-state index contributed by atoms with van der Waals surface area (Å²) in [4.78, 5) is 0. The van der Waals surface area contributed by atoms with Crippen molar-refractivity contribution in [1.82, 2.24) is 0 Å². The van der Waals surface area contributed by atoms with E-state index in [9.17, 15) is 0 Å². The van der Waals surface area contributed by atoms with Gasteiger partial charge in [0.05, 0.1) is 0 Å². The second-order valence-electron chi connectivity index (χ2n) is 6.31. The highest BCUT2D eigenvalue weighted by atomic mass is 14.2. The molecule has 4 unspecified atom stereocenters. The Morgan fingerprint density at radius 1 is 0.571 bits per heavy atom. The van der Waals surface area contributed by atoms with Gasteiger partial charge >= 0.3 is 0 Å². The maximum Gasteiger partial charge on any atom is 0.118 e. The molecule has 0 aliphatic heterocycles. The quantitative estimate of drug-likeness (QED) is 0.575. The SMILES string of the molecule is CC([B]C(C)C(C)c1ccccc1)C(C)c1ccccc1. The Morgan fingerprint density at radius 2 is 0.905 bits per heavy atom. The van der Waals surface area contributed by atoms with E-state index in [1.807, 2.05) is 0 Å². The largest absolute Gasteiger partial charge is 0.118 e. The van der Waals surface area contributed by atoms with E-state index in [-0.39, 0.29) is 0 Å². The smallest absolute Gasteiger partial charge is 0.0691 e. The molecular formula is C20H26B. The molecule has 0 saturated heterocycles. The van der Waals surface area contributed by atoms with E-state index < -0.39 is 0 Å². The van der Waals surface area contributed by atoms with Crippen LogP contribution in [0.1, 0.15) is 50.7 Å². The predicted molar refractivity (Wildman–Crippen MR) is 94.3 cm³/mol. The van der Waals surface area contributed by atoms with Crippen LogP contribution >= 0.6 is 0 Å². The third-order valence-electron chi connectivity index (χ3n) is 4.84. The number of benzene rings is 2. The maximum absolute atomic E-state index is 2.52. The Kier molecular flexibility index (Phi) is 5.67. The molecule has 4 atom stereocenters. The van der Waals surface area contributed by atoms with E-state index in [1.54, 1.807) is 0 Å². The van der Waals surface area contributed by atoms with Crippen molar-refractivity contribution in [2.75, 3.05) is 0 Å². The van der Waals surface area contributed by atoms with Crippen LogP contribution < -0.4 is 0 Å². The standard InChI is InChI=1S/C20H26B/c1-15(19-11-7-5-8-12-19)17(3)21-18(4)16(2)20-13-9-6-10-14-20/h5-18H,1-4H3. The van der Waals surface area contributed by atoms with Crippen molar-refractivity contribution < 1.29 is 0 Å². The third kappa shape index (κ3) is 4.23.